The second kappa shape index (κ2) is 12.1. The number of carbonyl (C=O) groups is 2. The molecule has 6 heteroatoms. The van der Waals surface area contributed by atoms with Crippen molar-refractivity contribution in [3.63, 3.8) is 0 Å². The minimum atomic E-state index is -0.129. The van der Waals surface area contributed by atoms with Gasteiger partial charge in [0.25, 0.3) is 5.91 Å². The normalized spacial score (nSPS) is 15.5. The zero-order valence-electron chi connectivity index (χ0n) is 22.4. The molecule has 1 aliphatic rings. The molecule has 0 radical (unpaired) electrons. The van der Waals surface area contributed by atoms with Crippen LogP contribution < -0.4 is 0 Å². The van der Waals surface area contributed by atoms with Crippen LogP contribution in [0.3, 0.4) is 0 Å². The molecule has 1 unspecified atom stereocenters. The van der Waals surface area contributed by atoms with E-state index in [4.69, 9.17) is 4.74 Å². The molecule has 1 fully saturated rings. The maximum Gasteiger partial charge on any atom is 0.254 e. The van der Waals surface area contributed by atoms with Gasteiger partial charge in [-0.15, -0.1) is 11.3 Å². The van der Waals surface area contributed by atoms with E-state index < -0.39 is 0 Å². The fraction of sp³-hybridized carbons (Fsp3) is 0.419. The van der Waals surface area contributed by atoms with Gasteiger partial charge in [0.15, 0.2) is 0 Å². The van der Waals surface area contributed by atoms with E-state index in [1.807, 2.05) is 59.5 Å². The number of hydrogen-bond acceptors (Lipinski definition) is 4. The molecule has 1 aromatic heterocycles. The molecule has 37 heavy (non-hydrogen) atoms. The second-order valence-corrected chi connectivity index (χ2v) is 12.3. The zero-order valence-corrected chi connectivity index (χ0v) is 23.2. The van der Waals surface area contributed by atoms with Crippen LogP contribution in [0.4, 0.5) is 0 Å². The van der Waals surface area contributed by atoms with Crippen molar-refractivity contribution < 1.29 is 14.3 Å². The molecule has 3 aromatic rings. The largest absolute Gasteiger partial charge is 0.376 e. The first-order chi connectivity index (χ1) is 17.7. The Hall–Kier alpha value is -2.96. The highest BCUT2D eigenvalue weighted by Crippen LogP contribution is 2.24. The van der Waals surface area contributed by atoms with E-state index in [2.05, 4.69) is 39.8 Å². The van der Waals surface area contributed by atoms with Gasteiger partial charge >= 0.3 is 0 Å². The van der Waals surface area contributed by atoms with E-state index in [1.54, 1.807) is 16.2 Å². The first kappa shape index (κ1) is 27.1. The summed E-state index contributed by atoms with van der Waals surface area (Å²) in [4.78, 5) is 33.3. The molecule has 4 rings (SSSR count). The summed E-state index contributed by atoms with van der Waals surface area (Å²) in [5, 5.41) is 0. The van der Waals surface area contributed by atoms with E-state index in [1.165, 1.54) is 10.4 Å². The van der Waals surface area contributed by atoms with Crippen molar-refractivity contribution in [3.8, 4) is 0 Å². The minimum Gasteiger partial charge on any atom is -0.376 e. The number of nitrogens with zero attached hydrogens (tertiary/aromatic N) is 2. The third-order valence-corrected chi connectivity index (χ3v) is 7.76. The average molecular weight is 519 g/mol. The highest BCUT2D eigenvalue weighted by Gasteiger charge is 2.28. The summed E-state index contributed by atoms with van der Waals surface area (Å²) in [6.45, 7) is 10.7. The average Bonchev–Trinajstić information content (AvgIpc) is 3.54. The number of amides is 2. The lowest BCUT2D eigenvalue weighted by Gasteiger charge is -2.29. The lowest BCUT2D eigenvalue weighted by atomic mass is 9.86. The van der Waals surface area contributed by atoms with E-state index in [9.17, 15) is 9.59 Å². The summed E-state index contributed by atoms with van der Waals surface area (Å²) in [5.74, 6) is -0.191. The summed E-state index contributed by atoms with van der Waals surface area (Å²) >= 11 is 1.70. The van der Waals surface area contributed by atoms with Crippen molar-refractivity contribution >= 4 is 23.2 Å². The Bertz CT molecular complexity index is 1180. The molecule has 2 aromatic carbocycles. The zero-order chi connectivity index (χ0) is 26.4. The van der Waals surface area contributed by atoms with Crippen LogP contribution in [-0.4, -0.2) is 47.4 Å². The molecule has 0 aliphatic carbocycles. The molecule has 0 saturated carbocycles. The summed E-state index contributed by atoms with van der Waals surface area (Å²) in [5.41, 5.74) is 2.85. The van der Waals surface area contributed by atoms with Gasteiger partial charge in [-0.25, -0.2) is 0 Å². The molecule has 196 valence electrons. The predicted molar refractivity (Wildman–Crippen MR) is 150 cm³/mol. The van der Waals surface area contributed by atoms with Crippen molar-refractivity contribution in [1.29, 1.82) is 0 Å². The van der Waals surface area contributed by atoms with E-state index in [0.717, 1.165) is 23.3 Å². The summed E-state index contributed by atoms with van der Waals surface area (Å²) in [6, 6.07) is 22.0. The van der Waals surface area contributed by atoms with Crippen LogP contribution in [0.25, 0.3) is 0 Å². The molecule has 0 bridgehead atoms. The SMILES string of the molecule is Cc1ccc(CN(Cc2ccccc2)C(=O)CN(CC2CCCO2)C(=O)c2ccc(C(C)(C)C)cc2)s1. The number of aryl methyl sites for hydroxylation is 1. The first-order valence-corrected chi connectivity index (χ1v) is 13.9. The van der Waals surface area contributed by atoms with Crippen molar-refractivity contribution in [1.82, 2.24) is 9.80 Å². The van der Waals surface area contributed by atoms with Crippen LogP contribution >= 0.6 is 11.3 Å². The topological polar surface area (TPSA) is 49.9 Å². The van der Waals surface area contributed by atoms with E-state index >= 15 is 0 Å². The molecule has 1 atom stereocenters. The molecule has 1 aliphatic heterocycles. The third kappa shape index (κ3) is 7.53. The van der Waals surface area contributed by atoms with Gasteiger partial charge in [0, 0.05) is 35.0 Å². The van der Waals surface area contributed by atoms with Crippen molar-refractivity contribution in [3.05, 3.63) is 93.2 Å². The van der Waals surface area contributed by atoms with Crippen LogP contribution in [0.1, 0.15) is 64.9 Å². The highest BCUT2D eigenvalue weighted by atomic mass is 32.1. The summed E-state index contributed by atoms with van der Waals surface area (Å²) < 4.78 is 5.85. The second-order valence-electron chi connectivity index (χ2n) is 10.9. The number of thiophene rings is 1. The molecule has 0 spiro atoms. The molecule has 5 nitrogen and oxygen atoms in total. The van der Waals surface area contributed by atoms with Gasteiger partial charge in [0.2, 0.25) is 5.91 Å². The molecule has 1 saturated heterocycles. The van der Waals surface area contributed by atoms with Gasteiger partial charge in [0.1, 0.15) is 6.54 Å². The predicted octanol–water partition coefficient (Wildman–Crippen LogP) is 6.20. The van der Waals surface area contributed by atoms with E-state index in [0.29, 0.717) is 31.8 Å². The summed E-state index contributed by atoms with van der Waals surface area (Å²) in [6.07, 6.45) is 1.86. The Morgan fingerprint density at radius 1 is 0.946 bits per heavy atom. The van der Waals surface area contributed by atoms with Crippen molar-refractivity contribution in [2.24, 2.45) is 0 Å². The maximum atomic E-state index is 13.8. The number of hydrogen-bond donors (Lipinski definition) is 0. The van der Waals surface area contributed by atoms with Crippen LogP contribution in [0, 0.1) is 6.92 Å². The standard InChI is InChI=1S/C31H38N2O3S/c1-23-12-17-28(37-23)21-32(19-24-9-6-5-7-10-24)29(34)22-33(20-27-11-8-18-36-27)30(35)25-13-15-26(16-14-25)31(2,3)4/h5-7,9-10,12-17,27H,8,11,18-22H2,1-4H3. The summed E-state index contributed by atoms with van der Waals surface area (Å²) in [7, 11) is 0. The number of benzene rings is 2. The number of carbonyl (C=O) groups excluding carboxylic acids is 2. The molecular formula is C31H38N2O3S. The maximum absolute atomic E-state index is 13.8. The van der Waals surface area contributed by atoms with E-state index in [-0.39, 0.29) is 29.9 Å². The van der Waals surface area contributed by atoms with Gasteiger partial charge in [0.05, 0.1) is 12.6 Å². The lowest BCUT2D eigenvalue weighted by molar-refractivity contribution is -0.133. The first-order valence-electron chi connectivity index (χ1n) is 13.1. The smallest absolute Gasteiger partial charge is 0.254 e. The Morgan fingerprint density at radius 3 is 2.27 bits per heavy atom. The monoisotopic (exact) mass is 518 g/mol. The van der Waals surface area contributed by atoms with Gasteiger partial charge < -0.3 is 14.5 Å². The van der Waals surface area contributed by atoms with Gasteiger partial charge in [-0.1, -0.05) is 63.2 Å². The van der Waals surface area contributed by atoms with Crippen molar-refractivity contribution in [2.75, 3.05) is 19.7 Å². The Labute approximate surface area is 225 Å². The molecule has 0 N–H and O–H groups in total. The van der Waals surface area contributed by atoms with Crippen LogP contribution in [0.2, 0.25) is 0 Å². The lowest BCUT2D eigenvalue weighted by Crippen LogP contribution is -2.45. The van der Waals surface area contributed by atoms with Gasteiger partial charge in [-0.3, -0.25) is 9.59 Å². The van der Waals surface area contributed by atoms with Crippen LogP contribution in [-0.2, 0) is 28.0 Å². The Kier molecular flexibility index (Phi) is 8.83. The Balaban J connectivity index is 1.55. The van der Waals surface area contributed by atoms with Crippen LogP contribution in [0.15, 0.2) is 66.7 Å². The van der Waals surface area contributed by atoms with Gasteiger partial charge in [-0.2, -0.15) is 0 Å². The molecule has 2 amide bonds. The van der Waals surface area contributed by atoms with Gasteiger partial charge in [-0.05, 0) is 60.6 Å². The number of rotatable bonds is 9. The quantitative estimate of drug-likeness (QED) is 0.339. The highest BCUT2D eigenvalue weighted by molar-refractivity contribution is 7.11. The fourth-order valence-corrected chi connectivity index (χ4v) is 5.51. The molecular weight excluding hydrogens is 480 g/mol. The fourth-order valence-electron chi connectivity index (χ4n) is 4.61. The minimum absolute atomic E-state index is 0.00695. The Morgan fingerprint density at radius 2 is 1.68 bits per heavy atom. The third-order valence-electron chi connectivity index (χ3n) is 6.77. The number of ether oxygens (including phenoxy) is 1. The molecule has 2 heterocycles. The van der Waals surface area contributed by atoms with Crippen LogP contribution in [0.5, 0.6) is 0 Å². The van der Waals surface area contributed by atoms with Crippen molar-refractivity contribution in [2.45, 2.75) is 65.1 Å².